The first kappa shape index (κ1) is 9.00. The summed E-state index contributed by atoms with van der Waals surface area (Å²) in [4.78, 5) is 7.81. The van der Waals surface area contributed by atoms with Crippen molar-refractivity contribution in [3.8, 4) is 0 Å². The number of hydrogen-bond acceptors (Lipinski definition) is 4. The molecular formula is C10H10ClN3O. The van der Waals surface area contributed by atoms with Crippen LogP contribution in [0.5, 0.6) is 0 Å². The van der Waals surface area contributed by atoms with E-state index in [0.717, 1.165) is 5.56 Å². The summed E-state index contributed by atoms with van der Waals surface area (Å²) in [6, 6.07) is 3.87. The second kappa shape index (κ2) is 3.12. The number of aliphatic hydroxyl groups excluding tert-OH is 1. The Morgan fingerprint density at radius 1 is 1.40 bits per heavy atom. The number of hydrogen-bond donors (Lipinski definition) is 1. The monoisotopic (exact) mass is 223 g/mol. The molecule has 0 unspecified atom stereocenters. The Morgan fingerprint density at radius 3 is 2.73 bits per heavy atom. The van der Waals surface area contributed by atoms with Crippen LogP contribution in [0.4, 0.5) is 0 Å². The Hall–Kier alpha value is -1.26. The van der Waals surface area contributed by atoms with Gasteiger partial charge in [0, 0.05) is 18.6 Å². The van der Waals surface area contributed by atoms with Crippen LogP contribution in [0.25, 0.3) is 0 Å². The van der Waals surface area contributed by atoms with Crippen molar-refractivity contribution in [3.05, 3.63) is 41.4 Å². The maximum Gasteiger partial charge on any atom is 0.147 e. The Balaban J connectivity index is 1.98. The van der Waals surface area contributed by atoms with Gasteiger partial charge in [0.1, 0.15) is 17.5 Å². The van der Waals surface area contributed by atoms with Crippen molar-refractivity contribution in [2.24, 2.45) is 0 Å². The highest BCUT2D eigenvalue weighted by atomic mass is 35.5. The SMILES string of the molecule is O[C@H]1CN2C=C(Cl)N1[C@@H]2c1ccncc1. The lowest BCUT2D eigenvalue weighted by Gasteiger charge is -2.24. The Kier molecular flexibility index (Phi) is 1.87. The van der Waals surface area contributed by atoms with E-state index in [1.165, 1.54) is 0 Å². The first-order valence-electron chi connectivity index (χ1n) is 4.77. The van der Waals surface area contributed by atoms with E-state index < -0.39 is 6.23 Å². The molecule has 2 bridgehead atoms. The molecule has 2 aliphatic rings. The van der Waals surface area contributed by atoms with Gasteiger partial charge < -0.3 is 14.9 Å². The summed E-state index contributed by atoms with van der Waals surface area (Å²) in [6.07, 6.45) is 4.86. The minimum atomic E-state index is -0.513. The van der Waals surface area contributed by atoms with Crippen LogP contribution in [0.1, 0.15) is 11.7 Å². The number of pyridine rings is 1. The molecule has 1 aromatic heterocycles. The molecule has 0 amide bonds. The second-order valence-corrected chi connectivity index (χ2v) is 4.08. The Bertz CT molecular complexity index is 408. The van der Waals surface area contributed by atoms with Gasteiger partial charge in [0.15, 0.2) is 0 Å². The third kappa shape index (κ3) is 1.22. The van der Waals surface area contributed by atoms with Gasteiger partial charge in [-0.2, -0.15) is 0 Å². The molecule has 2 atom stereocenters. The third-order valence-corrected chi connectivity index (χ3v) is 3.09. The van der Waals surface area contributed by atoms with Crippen LogP contribution >= 0.6 is 11.6 Å². The van der Waals surface area contributed by atoms with Crippen LogP contribution in [0, 0.1) is 0 Å². The van der Waals surface area contributed by atoms with Crippen molar-refractivity contribution in [3.63, 3.8) is 0 Å². The number of fused-ring (bicyclic) bond motifs is 2. The molecule has 0 saturated carbocycles. The van der Waals surface area contributed by atoms with Gasteiger partial charge in [-0.1, -0.05) is 11.6 Å². The molecule has 1 saturated heterocycles. The molecule has 0 spiro atoms. The molecule has 3 heterocycles. The minimum Gasteiger partial charge on any atom is -0.372 e. The highest BCUT2D eigenvalue weighted by Gasteiger charge is 2.43. The van der Waals surface area contributed by atoms with Gasteiger partial charge >= 0.3 is 0 Å². The molecule has 5 heteroatoms. The van der Waals surface area contributed by atoms with Gasteiger partial charge in [-0.05, 0) is 17.7 Å². The predicted molar refractivity (Wildman–Crippen MR) is 55.5 cm³/mol. The van der Waals surface area contributed by atoms with E-state index >= 15 is 0 Å². The van der Waals surface area contributed by atoms with Gasteiger partial charge in [0.05, 0.1) is 6.54 Å². The molecule has 78 valence electrons. The molecule has 3 rings (SSSR count). The normalized spacial score (nSPS) is 28.5. The lowest BCUT2D eigenvalue weighted by atomic mass is 10.2. The van der Waals surface area contributed by atoms with Crippen LogP contribution < -0.4 is 0 Å². The zero-order valence-electron chi connectivity index (χ0n) is 7.92. The smallest absolute Gasteiger partial charge is 0.147 e. The summed E-state index contributed by atoms with van der Waals surface area (Å²) >= 11 is 6.02. The predicted octanol–water partition coefficient (Wildman–Crippen LogP) is 1.07. The number of rotatable bonds is 1. The molecule has 0 aromatic carbocycles. The third-order valence-electron chi connectivity index (χ3n) is 2.80. The largest absolute Gasteiger partial charge is 0.372 e. The van der Waals surface area contributed by atoms with Crippen molar-refractivity contribution in [2.75, 3.05) is 6.54 Å². The first-order chi connectivity index (χ1) is 7.27. The standard InChI is InChI=1S/C10H10ClN3O/c11-8-5-13-6-9(15)14(8)10(13)7-1-3-12-4-2-7/h1-5,9-10,15H,6H2/t9-,10+/m0/s1. The molecule has 15 heavy (non-hydrogen) atoms. The molecule has 0 radical (unpaired) electrons. The summed E-state index contributed by atoms with van der Waals surface area (Å²) in [5.74, 6) is 0. The van der Waals surface area contributed by atoms with Gasteiger partial charge in [0.2, 0.25) is 0 Å². The van der Waals surface area contributed by atoms with E-state index in [1.807, 2.05) is 23.2 Å². The number of nitrogens with zero attached hydrogens (tertiary/aromatic N) is 3. The fourth-order valence-corrected chi connectivity index (χ4v) is 2.50. The van der Waals surface area contributed by atoms with Gasteiger partial charge in [-0.15, -0.1) is 0 Å². The number of aliphatic hydroxyl groups is 1. The Morgan fingerprint density at radius 2 is 2.13 bits per heavy atom. The van der Waals surface area contributed by atoms with Crippen molar-refractivity contribution in [2.45, 2.75) is 12.4 Å². The van der Waals surface area contributed by atoms with E-state index in [4.69, 9.17) is 11.6 Å². The fourth-order valence-electron chi connectivity index (χ4n) is 2.17. The van der Waals surface area contributed by atoms with Crippen LogP contribution in [0.3, 0.4) is 0 Å². The average Bonchev–Trinajstić information content (AvgIpc) is 2.71. The lowest BCUT2D eigenvalue weighted by Crippen LogP contribution is -2.29. The van der Waals surface area contributed by atoms with E-state index in [0.29, 0.717) is 11.7 Å². The van der Waals surface area contributed by atoms with Gasteiger partial charge in [-0.25, -0.2) is 0 Å². The van der Waals surface area contributed by atoms with E-state index in [2.05, 4.69) is 4.98 Å². The number of aromatic nitrogens is 1. The summed E-state index contributed by atoms with van der Waals surface area (Å²) in [5.41, 5.74) is 1.09. The molecule has 1 fully saturated rings. The highest BCUT2D eigenvalue weighted by molar-refractivity contribution is 6.29. The fraction of sp³-hybridized carbons (Fsp3) is 0.300. The Labute approximate surface area is 92.4 Å². The van der Waals surface area contributed by atoms with Crippen LogP contribution in [0.2, 0.25) is 0 Å². The minimum absolute atomic E-state index is 0.0236. The van der Waals surface area contributed by atoms with E-state index in [-0.39, 0.29) is 6.17 Å². The highest BCUT2D eigenvalue weighted by Crippen LogP contribution is 2.42. The second-order valence-electron chi connectivity index (χ2n) is 3.69. The van der Waals surface area contributed by atoms with Crippen LogP contribution in [-0.2, 0) is 0 Å². The van der Waals surface area contributed by atoms with Crippen LogP contribution in [0.15, 0.2) is 35.9 Å². The number of halogens is 1. The molecule has 1 aromatic rings. The summed E-state index contributed by atoms with van der Waals surface area (Å²) in [6.45, 7) is 0.600. The van der Waals surface area contributed by atoms with E-state index in [9.17, 15) is 5.11 Å². The summed E-state index contributed by atoms with van der Waals surface area (Å²) < 4.78 is 0. The molecule has 0 aliphatic carbocycles. The quantitative estimate of drug-likeness (QED) is 0.723. The maximum absolute atomic E-state index is 9.76. The molecule has 2 aliphatic heterocycles. The molecular weight excluding hydrogens is 214 g/mol. The van der Waals surface area contributed by atoms with Crippen molar-refractivity contribution in [1.29, 1.82) is 0 Å². The average molecular weight is 224 g/mol. The lowest BCUT2D eigenvalue weighted by molar-refractivity contribution is 0.0594. The summed E-state index contributed by atoms with van der Waals surface area (Å²) in [7, 11) is 0. The van der Waals surface area contributed by atoms with E-state index in [1.54, 1.807) is 17.3 Å². The van der Waals surface area contributed by atoms with Crippen molar-refractivity contribution < 1.29 is 5.11 Å². The molecule has 4 nitrogen and oxygen atoms in total. The van der Waals surface area contributed by atoms with Crippen molar-refractivity contribution in [1.82, 2.24) is 14.8 Å². The summed E-state index contributed by atoms with van der Waals surface area (Å²) in [5, 5.41) is 10.4. The first-order valence-corrected chi connectivity index (χ1v) is 5.14. The zero-order valence-corrected chi connectivity index (χ0v) is 8.67. The maximum atomic E-state index is 9.76. The topological polar surface area (TPSA) is 39.6 Å². The van der Waals surface area contributed by atoms with Crippen molar-refractivity contribution >= 4 is 11.6 Å². The van der Waals surface area contributed by atoms with Gasteiger partial charge in [-0.3, -0.25) is 4.98 Å². The molecule has 1 N–H and O–H groups in total. The van der Waals surface area contributed by atoms with Gasteiger partial charge in [0.25, 0.3) is 0 Å². The van der Waals surface area contributed by atoms with Crippen LogP contribution in [-0.4, -0.2) is 32.7 Å². The zero-order chi connectivity index (χ0) is 10.4.